The van der Waals surface area contributed by atoms with Gasteiger partial charge in [0, 0.05) is 36.1 Å². The first kappa shape index (κ1) is 46.9. The lowest BCUT2D eigenvalue weighted by molar-refractivity contribution is -0.152. The van der Waals surface area contributed by atoms with Gasteiger partial charge >= 0.3 is 5.97 Å². The van der Waals surface area contributed by atoms with E-state index >= 15 is 0 Å². The van der Waals surface area contributed by atoms with Crippen molar-refractivity contribution >= 4 is 86.8 Å². The summed E-state index contributed by atoms with van der Waals surface area (Å²) in [6.45, 7) is 12.2. The van der Waals surface area contributed by atoms with Crippen LogP contribution in [0.15, 0.2) is 36.4 Å². The Morgan fingerprint density at radius 2 is 1.70 bits per heavy atom. The quantitative estimate of drug-likeness (QED) is 0.0985. The van der Waals surface area contributed by atoms with Crippen molar-refractivity contribution in [3.05, 3.63) is 47.7 Å². The van der Waals surface area contributed by atoms with Gasteiger partial charge in [-0.2, -0.15) is 0 Å². The number of hydrogen-bond acceptors (Lipinski definition) is 9. The van der Waals surface area contributed by atoms with Crippen LogP contribution in [0.3, 0.4) is 0 Å². The number of benzene rings is 1. The summed E-state index contributed by atoms with van der Waals surface area (Å²) in [6.07, 6.45) is 2.84. The number of halogens is 5. The highest BCUT2D eigenvalue weighted by Gasteiger charge is 2.47. The van der Waals surface area contributed by atoms with E-state index in [1.54, 1.807) is 26.0 Å². The normalized spacial score (nSPS) is 20.8. The molecule has 3 amide bonds. The molecule has 4 rings (SSSR count). The number of pyridine rings is 1. The zero-order chi connectivity index (χ0) is 42.5. The predicted molar refractivity (Wildman–Crippen MR) is 220 cm³/mol. The number of carbonyl (C=O) groups is 4. The molecule has 316 valence electrons. The fourth-order valence-corrected chi connectivity index (χ4v) is 7.43. The molecule has 5 atom stereocenters. The Bertz CT molecular complexity index is 1800. The van der Waals surface area contributed by atoms with Crippen molar-refractivity contribution in [1.29, 1.82) is 0 Å². The van der Waals surface area contributed by atoms with Crippen LogP contribution in [-0.2, 0) is 35.3 Å². The molecule has 2 aromatic rings. The van der Waals surface area contributed by atoms with Crippen LogP contribution in [0.1, 0.15) is 104 Å². The molecule has 57 heavy (non-hydrogen) atoms. The molecule has 2 fully saturated rings. The fraction of sp³-hybridized carbons (Fsp3) is 0.615. The Hall–Kier alpha value is -2.79. The largest absolute Gasteiger partial charge is 0.598 e. The zero-order valence-corrected chi connectivity index (χ0v) is 36.3. The SMILES string of the molecule is CC(C)[C@H](NC(=O)C1(/C=C/c2ccc3ccc([C@@H](C)N[S@+]([O-])C(C)(C)C)nc3c2)CCC(F)(F)CC1)C(=O)N[C@@H](C)C(=O)N1CCC[C@@H](C(=O)OCC(Cl)(Cl)Cl)N1. The Labute approximate surface area is 351 Å². The predicted octanol–water partition coefficient (Wildman–Crippen LogP) is 6.61. The first-order chi connectivity index (χ1) is 26.4. The summed E-state index contributed by atoms with van der Waals surface area (Å²) in [7, 11) is 0. The number of hydrogen-bond donors (Lipinski definition) is 4. The van der Waals surface area contributed by atoms with Gasteiger partial charge in [-0.3, -0.25) is 29.2 Å². The fourth-order valence-electron chi connectivity index (χ4n) is 6.47. The summed E-state index contributed by atoms with van der Waals surface area (Å²) in [4.78, 5) is 58.5. The third kappa shape index (κ3) is 13.1. The van der Waals surface area contributed by atoms with Crippen molar-refractivity contribution in [2.24, 2.45) is 11.3 Å². The van der Waals surface area contributed by atoms with Crippen LogP contribution in [0.25, 0.3) is 17.0 Å². The Balaban J connectivity index is 1.48. The second-order valence-corrected chi connectivity index (χ2v) is 20.7. The van der Waals surface area contributed by atoms with Crippen molar-refractivity contribution in [1.82, 2.24) is 30.8 Å². The van der Waals surface area contributed by atoms with Gasteiger partial charge in [0.2, 0.25) is 21.5 Å². The summed E-state index contributed by atoms with van der Waals surface area (Å²) in [5.41, 5.74) is 3.50. The van der Waals surface area contributed by atoms with Crippen molar-refractivity contribution in [2.75, 3.05) is 13.2 Å². The number of aromatic nitrogens is 1. The molecular formula is C39H53Cl3F2N6O6S. The van der Waals surface area contributed by atoms with E-state index in [1.165, 1.54) is 11.9 Å². The number of nitrogens with zero attached hydrogens (tertiary/aromatic N) is 2. The molecule has 0 unspecified atom stereocenters. The molecule has 1 saturated heterocycles. The number of nitrogens with one attached hydrogen (secondary N) is 4. The first-order valence-electron chi connectivity index (χ1n) is 19.0. The highest BCUT2D eigenvalue weighted by atomic mass is 35.6. The van der Waals surface area contributed by atoms with Gasteiger partial charge in [0.25, 0.3) is 5.91 Å². The van der Waals surface area contributed by atoms with E-state index in [2.05, 4.69) is 20.8 Å². The maximum Gasteiger partial charge on any atom is 0.325 e. The number of ether oxygens (including phenoxy) is 1. The highest BCUT2D eigenvalue weighted by Crippen LogP contribution is 2.45. The number of alkyl halides is 5. The van der Waals surface area contributed by atoms with E-state index < -0.39 is 98.4 Å². The van der Waals surface area contributed by atoms with E-state index in [4.69, 9.17) is 44.5 Å². The van der Waals surface area contributed by atoms with Crippen LogP contribution in [0.4, 0.5) is 8.78 Å². The van der Waals surface area contributed by atoms with E-state index in [9.17, 15) is 32.5 Å². The number of fused-ring (bicyclic) bond motifs is 1. The van der Waals surface area contributed by atoms with Gasteiger partial charge in [-0.05, 0) is 83.9 Å². The monoisotopic (exact) mass is 876 g/mol. The lowest BCUT2D eigenvalue weighted by Crippen LogP contribution is -2.61. The van der Waals surface area contributed by atoms with E-state index in [1.807, 2.05) is 58.0 Å². The molecule has 0 radical (unpaired) electrons. The molecule has 12 nitrogen and oxygen atoms in total. The maximum absolute atomic E-state index is 14.5. The Kier molecular flexibility index (Phi) is 15.7. The van der Waals surface area contributed by atoms with E-state index in [-0.39, 0.29) is 25.4 Å². The van der Waals surface area contributed by atoms with Gasteiger partial charge in [-0.15, -0.1) is 4.72 Å². The minimum atomic E-state index is -2.94. The highest BCUT2D eigenvalue weighted by molar-refractivity contribution is 7.90. The number of hydrazine groups is 1. The van der Waals surface area contributed by atoms with Crippen molar-refractivity contribution in [3.63, 3.8) is 0 Å². The second-order valence-electron chi connectivity index (χ2n) is 16.2. The van der Waals surface area contributed by atoms with Crippen LogP contribution in [0.2, 0.25) is 0 Å². The molecule has 2 heterocycles. The summed E-state index contributed by atoms with van der Waals surface area (Å²) in [5.74, 6) is -5.83. The van der Waals surface area contributed by atoms with Crippen molar-refractivity contribution < 1.29 is 37.2 Å². The molecule has 1 aliphatic heterocycles. The van der Waals surface area contributed by atoms with E-state index in [0.717, 1.165) is 5.39 Å². The van der Waals surface area contributed by atoms with Crippen LogP contribution < -0.4 is 20.8 Å². The topological polar surface area (TPSA) is 165 Å². The number of amides is 3. The minimum Gasteiger partial charge on any atom is -0.598 e. The van der Waals surface area contributed by atoms with Gasteiger partial charge in [0.05, 0.1) is 22.7 Å². The van der Waals surface area contributed by atoms with Gasteiger partial charge in [0.1, 0.15) is 29.5 Å². The summed E-state index contributed by atoms with van der Waals surface area (Å²) in [5, 5.41) is 7.56. The first-order valence-corrected chi connectivity index (χ1v) is 21.3. The van der Waals surface area contributed by atoms with Gasteiger partial charge < -0.3 is 19.9 Å². The molecular weight excluding hydrogens is 825 g/mol. The zero-order valence-electron chi connectivity index (χ0n) is 33.2. The average Bonchev–Trinajstić information content (AvgIpc) is 3.14. The van der Waals surface area contributed by atoms with E-state index in [0.29, 0.717) is 29.6 Å². The number of esters is 1. The lowest BCUT2D eigenvalue weighted by Gasteiger charge is -2.38. The molecule has 2 aliphatic rings. The minimum absolute atomic E-state index is 0.153. The number of carbonyl (C=O) groups excluding carboxylic acids is 4. The summed E-state index contributed by atoms with van der Waals surface area (Å²) in [6, 6.07) is 5.98. The molecule has 0 bridgehead atoms. The Morgan fingerprint density at radius 3 is 2.32 bits per heavy atom. The molecule has 1 aromatic heterocycles. The molecule has 4 N–H and O–H groups in total. The molecule has 18 heteroatoms. The molecule has 1 aliphatic carbocycles. The standard InChI is InChI=1S/C39H53Cl3F2N6O6S/c1-23(2)31(32(51)45-25(4)33(52)50-20-8-9-29(48-50)34(53)56-22-39(40,41)42)47-35(54)37(16-18-38(43,44)19-17-37)15-14-26-10-11-27-12-13-28(46-30(27)21-26)24(3)49-57(55)36(5,6)7/h10-15,21,23-25,29,31,48-49H,8-9,16-20,22H2,1-7H3,(H,45,51)(H,47,54)/b15-14+/t24-,25+,29+,31+,57-/m1/s1. The van der Waals surface area contributed by atoms with Gasteiger partial charge in [0.15, 0.2) is 0 Å². The second kappa shape index (κ2) is 19.1. The van der Waals surface area contributed by atoms with Crippen LogP contribution in [0, 0.1) is 11.3 Å². The molecule has 1 saturated carbocycles. The van der Waals surface area contributed by atoms with Crippen LogP contribution >= 0.6 is 34.8 Å². The Morgan fingerprint density at radius 1 is 1.05 bits per heavy atom. The van der Waals surface area contributed by atoms with Crippen LogP contribution in [0.5, 0.6) is 0 Å². The van der Waals surface area contributed by atoms with Crippen molar-refractivity contribution in [3.8, 4) is 0 Å². The summed E-state index contributed by atoms with van der Waals surface area (Å²) < 4.78 is 47.6. The average molecular weight is 878 g/mol. The lowest BCUT2D eigenvalue weighted by atomic mass is 9.71. The smallest absolute Gasteiger partial charge is 0.325 e. The van der Waals surface area contributed by atoms with Crippen LogP contribution in [-0.4, -0.2) is 84.0 Å². The third-order valence-corrected chi connectivity index (χ3v) is 12.0. The summed E-state index contributed by atoms with van der Waals surface area (Å²) >= 11 is 15.7. The maximum atomic E-state index is 14.5. The van der Waals surface area contributed by atoms with Gasteiger partial charge in [-0.1, -0.05) is 79.0 Å². The number of rotatable bonds is 13. The molecule has 1 aromatic carbocycles. The van der Waals surface area contributed by atoms with Crippen molar-refractivity contribution in [2.45, 2.75) is 126 Å². The third-order valence-electron chi connectivity index (χ3n) is 10.0. The van der Waals surface area contributed by atoms with Gasteiger partial charge in [-0.25, -0.2) is 14.2 Å². The molecule has 0 spiro atoms.